The van der Waals surface area contributed by atoms with Crippen molar-refractivity contribution < 1.29 is 4.74 Å². The molecule has 5 heteroatoms. The van der Waals surface area contributed by atoms with Crippen LogP contribution >= 0.6 is 11.3 Å². The summed E-state index contributed by atoms with van der Waals surface area (Å²) in [6.45, 7) is 5.57. The second-order valence-corrected chi connectivity index (χ2v) is 4.08. The van der Waals surface area contributed by atoms with Gasteiger partial charge in [0.15, 0.2) is 0 Å². The minimum Gasteiger partial charge on any atom is -0.381 e. The van der Waals surface area contributed by atoms with Gasteiger partial charge in [0.25, 0.3) is 0 Å². The Morgan fingerprint density at radius 3 is 2.93 bits per heavy atom. The van der Waals surface area contributed by atoms with Gasteiger partial charge in [0.1, 0.15) is 10.0 Å². The fourth-order valence-electron chi connectivity index (χ4n) is 0.970. The monoisotopic (exact) mass is 215 g/mol. The zero-order valence-electron chi connectivity index (χ0n) is 8.91. The third-order valence-corrected chi connectivity index (χ3v) is 3.12. The van der Waals surface area contributed by atoms with E-state index in [9.17, 15) is 0 Å². The minimum absolute atomic E-state index is 0.286. The second-order valence-electron chi connectivity index (χ2n) is 2.99. The van der Waals surface area contributed by atoms with E-state index in [1.807, 2.05) is 14.0 Å². The Hall–Kier alpha value is -0.520. The zero-order chi connectivity index (χ0) is 10.4. The Morgan fingerprint density at radius 2 is 2.29 bits per heavy atom. The molecule has 0 spiro atoms. The summed E-state index contributed by atoms with van der Waals surface area (Å²) in [4.78, 5) is 0. The summed E-state index contributed by atoms with van der Waals surface area (Å²) in [5, 5.41) is 13.5. The van der Waals surface area contributed by atoms with Crippen molar-refractivity contribution in [1.29, 1.82) is 0 Å². The largest absolute Gasteiger partial charge is 0.381 e. The first kappa shape index (κ1) is 11.6. The maximum absolute atomic E-state index is 5.26. The number of nitrogens with one attached hydrogen (secondary N) is 1. The van der Waals surface area contributed by atoms with Crippen LogP contribution in [-0.4, -0.2) is 30.5 Å². The number of aromatic nitrogens is 2. The Labute approximate surface area is 88.7 Å². The van der Waals surface area contributed by atoms with Gasteiger partial charge in [0, 0.05) is 13.0 Å². The van der Waals surface area contributed by atoms with Gasteiger partial charge in [-0.2, -0.15) is 0 Å². The molecule has 80 valence electrons. The lowest BCUT2D eigenvalue weighted by molar-refractivity contribution is 0.150. The highest BCUT2D eigenvalue weighted by molar-refractivity contribution is 7.11. The molecule has 0 saturated carbocycles. The lowest BCUT2D eigenvalue weighted by Gasteiger charge is -2.02. The van der Waals surface area contributed by atoms with Crippen LogP contribution in [0.5, 0.6) is 0 Å². The van der Waals surface area contributed by atoms with Crippen LogP contribution in [0.2, 0.25) is 0 Å². The van der Waals surface area contributed by atoms with E-state index in [2.05, 4.69) is 22.4 Å². The summed E-state index contributed by atoms with van der Waals surface area (Å²) in [5.74, 6) is 0. The van der Waals surface area contributed by atoms with Crippen LogP contribution in [0.3, 0.4) is 0 Å². The van der Waals surface area contributed by atoms with Gasteiger partial charge >= 0.3 is 0 Å². The molecule has 0 fully saturated rings. The van der Waals surface area contributed by atoms with E-state index in [1.54, 1.807) is 11.3 Å². The molecule has 4 nitrogen and oxygen atoms in total. The molecule has 0 aliphatic rings. The van der Waals surface area contributed by atoms with Gasteiger partial charge < -0.3 is 10.1 Å². The average Bonchev–Trinajstić information content (AvgIpc) is 2.66. The van der Waals surface area contributed by atoms with Crippen molar-refractivity contribution >= 4 is 11.3 Å². The second kappa shape index (κ2) is 6.06. The molecule has 14 heavy (non-hydrogen) atoms. The number of hydrogen-bond donors (Lipinski definition) is 1. The van der Waals surface area contributed by atoms with Gasteiger partial charge in [-0.05, 0) is 20.9 Å². The van der Waals surface area contributed by atoms with Crippen LogP contribution in [0.25, 0.3) is 0 Å². The van der Waals surface area contributed by atoms with Crippen LogP contribution in [0.15, 0.2) is 0 Å². The van der Waals surface area contributed by atoms with Gasteiger partial charge in [-0.3, -0.25) is 0 Å². The van der Waals surface area contributed by atoms with E-state index in [0.717, 1.165) is 29.6 Å². The Morgan fingerprint density at radius 1 is 1.50 bits per heavy atom. The van der Waals surface area contributed by atoms with Crippen molar-refractivity contribution in [3.05, 3.63) is 10.0 Å². The Kier molecular flexibility index (Phi) is 5.00. The van der Waals surface area contributed by atoms with Crippen LogP contribution < -0.4 is 5.32 Å². The Bertz CT molecular complexity index is 264. The highest BCUT2D eigenvalue weighted by Crippen LogP contribution is 2.17. The van der Waals surface area contributed by atoms with Crippen molar-refractivity contribution in [2.45, 2.75) is 26.3 Å². The van der Waals surface area contributed by atoms with Crippen molar-refractivity contribution in [1.82, 2.24) is 15.5 Å². The fraction of sp³-hybridized carbons (Fsp3) is 0.778. The molecule has 0 bridgehead atoms. The van der Waals surface area contributed by atoms with Gasteiger partial charge in [0.2, 0.25) is 0 Å². The number of rotatable bonds is 6. The third-order valence-electron chi connectivity index (χ3n) is 1.95. The summed E-state index contributed by atoms with van der Waals surface area (Å²) in [7, 11) is 1.92. The fourth-order valence-corrected chi connectivity index (χ4v) is 1.85. The number of hydrogen-bond acceptors (Lipinski definition) is 5. The highest BCUT2D eigenvalue weighted by Gasteiger charge is 2.09. The molecule has 0 aromatic carbocycles. The molecule has 1 rings (SSSR count). The molecule has 1 N–H and O–H groups in total. The molecule has 0 radical (unpaired) electrons. The smallest absolute Gasteiger partial charge is 0.134 e. The molecular formula is C9H17N3OS. The molecule has 1 atom stereocenters. The molecular weight excluding hydrogens is 198 g/mol. The van der Waals surface area contributed by atoms with Gasteiger partial charge in [-0.1, -0.05) is 11.3 Å². The van der Waals surface area contributed by atoms with Crippen LogP contribution in [0, 0.1) is 0 Å². The zero-order valence-corrected chi connectivity index (χ0v) is 9.73. The molecule has 0 aliphatic carbocycles. The van der Waals surface area contributed by atoms with Crippen molar-refractivity contribution in [2.24, 2.45) is 0 Å². The molecule has 0 saturated heterocycles. The van der Waals surface area contributed by atoms with Crippen LogP contribution in [-0.2, 0) is 11.2 Å². The lowest BCUT2D eigenvalue weighted by Crippen LogP contribution is -2.11. The summed E-state index contributed by atoms with van der Waals surface area (Å²) < 4.78 is 5.26. The predicted molar refractivity (Wildman–Crippen MR) is 57.6 cm³/mol. The molecule has 1 heterocycles. The third kappa shape index (κ3) is 3.32. The van der Waals surface area contributed by atoms with E-state index in [1.165, 1.54) is 0 Å². The van der Waals surface area contributed by atoms with Crippen molar-refractivity contribution in [3.8, 4) is 0 Å². The van der Waals surface area contributed by atoms with Crippen molar-refractivity contribution in [3.63, 3.8) is 0 Å². The van der Waals surface area contributed by atoms with E-state index in [4.69, 9.17) is 4.74 Å². The molecule has 1 unspecified atom stereocenters. The van der Waals surface area contributed by atoms with Gasteiger partial charge in [-0.25, -0.2) is 0 Å². The minimum atomic E-state index is 0.286. The maximum atomic E-state index is 5.26. The predicted octanol–water partition coefficient (Wildman–Crippen LogP) is 1.40. The number of nitrogens with zero attached hydrogens (tertiary/aromatic N) is 2. The topological polar surface area (TPSA) is 47.0 Å². The maximum Gasteiger partial charge on any atom is 0.134 e. The molecule has 0 aliphatic heterocycles. The normalized spacial score (nSPS) is 13.1. The van der Waals surface area contributed by atoms with Crippen molar-refractivity contribution in [2.75, 3.05) is 20.3 Å². The molecule has 1 aromatic rings. The Balaban J connectivity index is 2.42. The summed E-state index contributed by atoms with van der Waals surface area (Å²) in [6, 6.07) is 0.286. The first-order chi connectivity index (χ1) is 6.77. The SMILES string of the molecule is CCOCCc1nnc(C(C)NC)s1. The number of ether oxygens (including phenoxy) is 1. The summed E-state index contributed by atoms with van der Waals surface area (Å²) in [5.41, 5.74) is 0. The van der Waals surface area contributed by atoms with Crippen LogP contribution in [0.4, 0.5) is 0 Å². The van der Waals surface area contributed by atoms with E-state index >= 15 is 0 Å². The summed E-state index contributed by atoms with van der Waals surface area (Å²) in [6.07, 6.45) is 0.863. The van der Waals surface area contributed by atoms with Crippen LogP contribution in [0.1, 0.15) is 29.9 Å². The quantitative estimate of drug-likeness (QED) is 0.729. The van der Waals surface area contributed by atoms with E-state index in [-0.39, 0.29) is 6.04 Å². The first-order valence-electron chi connectivity index (χ1n) is 4.85. The lowest BCUT2D eigenvalue weighted by atomic mass is 10.4. The van der Waals surface area contributed by atoms with E-state index in [0.29, 0.717) is 0 Å². The highest BCUT2D eigenvalue weighted by atomic mass is 32.1. The first-order valence-corrected chi connectivity index (χ1v) is 5.66. The average molecular weight is 215 g/mol. The molecule has 0 amide bonds. The van der Waals surface area contributed by atoms with Gasteiger partial charge in [-0.15, -0.1) is 10.2 Å². The van der Waals surface area contributed by atoms with Gasteiger partial charge in [0.05, 0.1) is 12.6 Å². The molecule has 1 aromatic heterocycles. The standard InChI is InChI=1S/C9H17N3OS/c1-4-13-6-5-8-11-12-9(14-8)7(2)10-3/h7,10H,4-6H2,1-3H3. The summed E-state index contributed by atoms with van der Waals surface area (Å²) >= 11 is 1.65. The van der Waals surface area contributed by atoms with E-state index < -0.39 is 0 Å².